The van der Waals surface area contributed by atoms with Crippen LogP contribution >= 0.6 is 0 Å². The van der Waals surface area contributed by atoms with E-state index in [0.29, 0.717) is 17.1 Å². The van der Waals surface area contributed by atoms with E-state index in [9.17, 15) is 24.6 Å². The van der Waals surface area contributed by atoms with Gasteiger partial charge in [0.1, 0.15) is 29.2 Å². The molecule has 0 heterocycles. The van der Waals surface area contributed by atoms with E-state index < -0.39 is 22.8 Å². The van der Waals surface area contributed by atoms with Gasteiger partial charge in [-0.15, -0.1) is 0 Å². The lowest BCUT2D eigenvalue weighted by atomic mass is 9.99. The Balaban J connectivity index is 1.84. The van der Waals surface area contributed by atoms with Crippen LogP contribution in [0.2, 0.25) is 0 Å². The van der Waals surface area contributed by atoms with Gasteiger partial charge in [0, 0.05) is 23.8 Å². The minimum absolute atomic E-state index is 0.0172. The van der Waals surface area contributed by atoms with Gasteiger partial charge in [0.2, 0.25) is 0 Å². The van der Waals surface area contributed by atoms with Crippen molar-refractivity contribution in [2.45, 2.75) is 6.10 Å². The number of rotatable bonds is 8. The van der Waals surface area contributed by atoms with Gasteiger partial charge in [0.15, 0.2) is 0 Å². The summed E-state index contributed by atoms with van der Waals surface area (Å²) in [5, 5.41) is 20.1. The summed E-state index contributed by atoms with van der Waals surface area (Å²) >= 11 is 0. The molecule has 32 heavy (non-hydrogen) atoms. The summed E-state index contributed by atoms with van der Waals surface area (Å²) in [6, 6.07) is 13.2. The highest BCUT2D eigenvalue weighted by molar-refractivity contribution is 5.91. The van der Waals surface area contributed by atoms with Crippen LogP contribution in [-0.4, -0.2) is 30.4 Å². The summed E-state index contributed by atoms with van der Waals surface area (Å²) < 4.78 is 30.2. The Morgan fingerprint density at radius 3 is 2.25 bits per heavy atom. The normalized spacial score (nSPS) is 11.5. The zero-order chi connectivity index (χ0) is 23.3. The molecule has 3 aromatic rings. The molecule has 0 bridgehead atoms. The number of non-ortho nitro benzene ring substituents is 1. The smallest absolute Gasteiger partial charge is 0.346 e. The third kappa shape index (κ3) is 4.82. The van der Waals surface area contributed by atoms with Crippen LogP contribution in [0.15, 0.2) is 60.7 Å². The molecule has 0 saturated carbocycles. The summed E-state index contributed by atoms with van der Waals surface area (Å²) in [5.74, 6) is -1.04. The molecule has 0 aromatic heterocycles. The van der Waals surface area contributed by atoms with Gasteiger partial charge in [0.05, 0.1) is 24.7 Å². The van der Waals surface area contributed by atoms with E-state index in [-0.39, 0.29) is 22.6 Å². The third-order valence-electron chi connectivity index (χ3n) is 4.60. The lowest BCUT2D eigenvalue weighted by Crippen LogP contribution is -2.12. The number of nitro benzene ring substituents is 1. The van der Waals surface area contributed by atoms with Crippen LogP contribution in [0.4, 0.5) is 10.1 Å². The van der Waals surface area contributed by atoms with Crippen molar-refractivity contribution in [3.05, 3.63) is 93.3 Å². The molecule has 0 saturated heterocycles. The highest BCUT2D eigenvalue weighted by atomic mass is 19.1. The number of methoxy groups -OCH3 is 2. The molecule has 1 N–H and O–H groups in total. The average Bonchev–Trinajstić information content (AvgIpc) is 2.80. The van der Waals surface area contributed by atoms with Gasteiger partial charge in [-0.1, -0.05) is 6.07 Å². The van der Waals surface area contributed by atoms with Crippen molar-refractivity contribution in [1.29, 1.82) is 0 Å². The summed E-state index contributed by atoms with van der Waals surface area (Å²) in [5.41, 5.74) is 0.0617. The molecule has 1 unspecified atom stereocenters. The molecule has 0 amide bonds. The fourth-order valence-corrected chi connectivity index (χ4v) is 2.99. The second-order valence-corrected chi connectivity index (χ2v) is 6.47. The predicted octanol–water partition coefficient (Wildman–Crippen LogP) is 4.55. The number of benzene rings is 3. The summed E-state index contributed by atoms with van der Waals surface area (Å²) in [6.45, 7) is 0. The molecule has 166 valence electrons. The number of ether oxygens (including phenoxy) is 3. The van der Waals surface area contributed by atoms with Gasteiger partial charge in [-0.3, -0.25) is 15.4 Å². The number of nitro groups is 1. The maximum absolute atomic E-state index is 14.7. The van der Waals surface area contributed by atoms with Crippen LogP contribution in [0.5, 0.6) is 17.2 Å². The molecule has 10 heteroatoms. The third-order valence-corrected chi connectivity index (χ3v) is 4.60. The molecular formula is C22H18FNO8. The molecule has 3 rings (SSSR count). The Morgan fingerprint density at radius 2 is 1.69 bits per heavy atom. The number of hydrogen-bond donors (Lipinski definition) is 1. The monoisotopic (exact) mass is 443 g/mol. The first-order chi connectivity index (χ1) is 15.4. The summed E-state index contributed by atoms with van der Waals surface area (Å²) in [6.07, 6.45) is -1.11. The lowest BCUT2D eigenvalue weighted by Gasteiger charge is -2.18. The van der Waals surface area contributed by atoms with Crippen LogP contribution in [0.25, 0.3) is 0 Å². The Labute approximate surface area is 181 Å². The largest absolute Gasteiger partial charge is 0.497 e. The lowest BCUT2D eigenvalue weighted by molar-refractivity contribution is -0.384. The van der Waals surface area contributed by atoms with Gasteiger partial charge in [0.25, 0.3) is 5.69 Å². The maximum Gasteiger partial charge on any atom is 0.346 e. The highest BCUT2D eigenvalue weighted by Gasteiger charge is 2.23. The van der Waals surface area contributed by atoms with Crippen LogP contribution in [0.1, 0.15) is 27.6 Å². The minimum Gasteiger partial charge on any atom is -0.497 e. The van der Waals surface area contributed by atoms with Crippen molar-refractivity contribution in [2.75, 3.05) is 14.2 Å². The van der Waals surface area contributed by atoms with E-state index in [2.05, 4.69) is 4.89 Å². The fraction of sp³-hybridized carbons (Fsp3) is 0.136. The quantitative estimate of drug-likeness (QED) is 0.177. The molecule has 0 radical (unpaired) electrons. The maximum atomic E-state index is 14.7. The Hall–Kier alpha value is -4.02. The number of carbonyl (C=O) groups is 1. The predicted molar refractivity (Wildman–Crippen MR) is 110 cm³/mol. The zero-order valence-corrected chi connectivity index (χ0v) is 17.0. The van der Waals surface area contributed by atoms with E-state index in [0.717, 1.165) is 18.2 Å². The molecular weight excluding hydrogens is 425 g/mol. The van der Waals surface area contributed by atoms with Crippen LogP contribution in [-0.2, 0) is 4.89 Å². The fourth-order valence-electron chi connectivity index (χ4n) is 2.99. The molecule has 0 aliphatic rings. The van der Waals surface area contributed by atoms with E-state index in [4.69, 9.17) is 14.2 Å². The first-order valence-corrected chi connectivity index (χ1v) is 9.16. The number of nitrogens with zero attached hydrogens (tertiary/aromatic N) is 1. The number of hydrogen-bond acceptors (Lipinski definition) is 8. The van der Waals surface area contributed by atoms with Crippen LogP contribution in [0, 0.1) is 15.9 Å². The zero-order valence-electron chi connectivity index (χ0n) is 17.0. The van der Waals surface area contributed by atoms with E-state index in [1.165, 1.54) is 38.5 Å². The average molecular weight is 443 g/mol. The second-order valence-electron chi connectivity index (χ2n) is 6.47. The number of halogens is 1. The van der Waals surface area contributed by atoms with Gasteiger partial charge in [-0.05, 0) is 42.0 Å². The molecule has 0 spiro atoms. The number of esters is 1. The van der Waals surface area contributed by atoms with Gasteiger partial charge >= 0.3 is 5.97 Å². The molecule has 0 aliphatic carbocycles. The van der Waals surface area contributed by atoms with E-state index >= 15 is 0 Å². The molecule has 1 atom stereocenters. The first kappa shape index (κ1) is 22.7. The van der Waals surface area contributed by atoms with Crippen molar-refractivity contribution < 1.29 is 38.5 Å². The van der Waals surface area contributed by atoms with Gasteiger partial charge in [-0.2, -0.15) is 0 Å². The van der Waals surface area contributed by atoms with Crippen LogP contribution < -0.4 is 14.2 Å². The summed E-state index contributed by atoms with van der Waals surface area (Å²) in [7, 11) is 2.91. The Kier molecular flexibility index (Phi) is 6.98. The van der Waals surface area contributed by atoms with Crippen molar-refractivity contribution in [1.82, 2.24) is 0 Å². The summed E-state index contributed by atoms with van der Waals surface area (Å²) in [4.78, 5) is 27.0. The van der Waals surface area contributed by atoms with Crippen molar-refractivity contribution in [3.8, 4) is 17.2 Å². The van der Waals surface area contributed by atoms with Gasteiger partial charge < -0.3 is 14.2 Å². The van der Waals surface area contributed by atoms with E-state index in [1.807, 2.05) is 0 Å². The Morgan fingerprint density at radius 1 is 1.00 bits per heavy atom. The molecule has 0 fully saturated rings. The second kappa shape index (κ2) is 9.86. The number of carbonyl (C=O) groups excluding carboxylic acids is 1. The topological polar surface area (TPSA) is 117 Å². The van der Waals surface area contributed by atoms with Crippen LogP contribution in [0.3, 0.4) is 0 Å². The highest BCUT2D eigenvalue weighted by Crippen LogP contribution is 2.35. The standard InChI is InChI=1S/C22H18FNO8/c1-29-16-8-10-18(20(12-16)30-2)21(32-28)13-3-9-17(19(23)11-13)22(25)31-15-6-4-14(5-7-15)24(26)27/h3-12,21,28H,1-2H3. The molecule has 3 aromatic carbocycles. The molecule has 9 nitrogen and oxygen atoms in total. The minimum atomic E-state index is -1.11. The molecule has 0 aliphatic heterocycles. The van der Waals surface area contributed by atoms with Crippen molar-refractivity contribution in [3.63, 3.8) is 0 Å². The SMILES string of the molecule is COc1ccc(C(OO)c2ccc(C(=O)Oc3ccc([N+](=O)[O-])cc3)c(F)c2)c(OC)c1. The Bertz CT molecular complexity index is 1130. The van der Waals surface area contributed by atoms with Crippen molar-refractivity contribution in [2.24, 2.45) is 0 Å². The van der Waals surface area contributed by atoms with E-state index in [1.54, 1.807) is 18.2 Å². The van der Waals surface area contributed by atoms with Gasteiger partial charge in [-0.25, -0.2) is 14.1 Å². The first-order valence-electron chi connectivity index (χ1n) is 9.16. The van der Waals surface area contributed by atoms with Crippen molar-refractivity contribution >= 4 is 11.7 Å².